The lowest BCUT2D eigenvalue weighted by atomic mass is 9.96. The average Bonchev–Trinajstić information content (AvgIpc) is 2.59. The van der Waals surface area contributed by atoms with E-state index in [0.717, 1.165) is 5.56 Å². The van der Waals surface area contributed by atoms with Crippen LogP contribution in [0.4, 0.5) is 0 Å². The van der Waals surface area contributed by atoms with Crippen LogP contribution in [0.1, 0.15) is 28.4 Å². The summed E-state index contributed by atoms with van der Waals surface area (Å²) in [4.78, 5) is 12.3. The van der Waals surface area contributed by atoms with E-state index in [4.69, 9.17) is 20.6 Å². The zero-order valence-corrected chi connectivity index (χ0v) is 12.7. The van der Waals surface area contributed by atoms with Crippen LogP contribution in [0.2, 0.25) is 0 Å². The van der Waals surface area contributed by atoms with Gasteiger partial charge in [0.1, 0.15) is 18.5 Å². The summed E-state index contributed by atoms with van der Waals surface area (Å²) in [5.41, 5.74) is 1.49. The summed E-state index contributed by atoms with van der Waals surface area (Å²) in [5.74, 6) is 4.23. The Bertz CT molecular complexity index is 773. The van der Waals surface area contributed by atoms with Crippen molar-refractivity contribution in [2.24, 2.45) is 0 Å². The molecule has 0 radical (unpaired) electrons. The third-order valence-electron chi connectivity index (χ3n) is 3.70. The molecular formula is C19H16O4. The number of para-hydroxylation sites is 1. The number of methoxy groups -OCH3 is 1. The number of carbonyl (C=O) groups is 1. The van der Waals surface area contributed by atoms with E-state index in [1.54, 1.807) is 25.3 Å². The third-order valence-corrected chi connectivity index (χ3v) is 3.70. The van der Waals surface area contributed by atoms with Crippen molar-refractivity contribution in [1.29, 1.82) is 0 Å². The molecule has 0 fully saturated rings. The fourth-order valence-electron chi connectivity index (χ4n) is 2.58. The molecule has 2 aromatic rings. The van der Waals surface area contributed by atoms with Crippen LogP contribution in [0.15, 0.2) is 42.5 Å². The molecule has 4 heteroatoms. The number of benzene rings is 2. The van der Waals surface area contributed by atoms with Crippen LogP contribution in [-0.4, -0.2) is 19.5 Å². The topological polar surface area (TPSA) is 44.8 Å². The molecule has 0 saturated heterocycles. The Balaban J connectivity index is 1.88. The summed E-state index contributed by atoms with van der Waals surface area (Å²) in [5, 5.41) is 0. The van der Waals surface area contributed by atoms with Crippen molar-refractivity contribution >= 4 is 5.78 Å². The summed E-state index contributed by atoms with van der Waals surface area (Å²) in [7, 11) is 1.56. The van der Waals surface area contributed by atoms with Crippen molar-refractivity contribution in [3.05, 3.63) is 53.6 Å². The molecular weight excluding hydrogens is 292 g/mol. The number of hydrogen-bond acceptors (Lipinski definition) is 4. The van der Waals surface area contributed by atoms with Gasteiger partial charge in [-0.05, 0) is 29.8 Å². The van der Waals surface area contributed by atoms with Crippen LogP contribution in [0.5, 0.6) is 17.2 Å². The fourth-order valence-corrected chi connectivity index (χ4v) is 2.58. The van der Waals surface area contributed by atoms with Crippen molar-refractivity contribution < 1.29 is 19.0 Å². The van der Waals surface area contributed by atoms with Gasteiger partial charge in [-0.25, -0.2) is 0 Å². The highest BCUT2D eigenvalue weighted by Gasteiger charge is 2.27. The average molecular weight is 308 g/mol. The number of ether oxygens (including phenoxy) is 3. The summed E-state index contributed by atoms with van der Waals surface area (Å²) in [6.45, 7) is 0.168. The molecule has 1 unspecified atom stereocenters. The molecule has 0 amide bonds. The maximum absolute atomic E-state index is 12.3. The fraction of sp³-hybridized carbons (Fsp3) is 0.211. The molecule has 0 spiro atoms. The first-order valence-corrected chi connectivity index (χ1v) is 7.26. The highest BCUT2D eigenvalue weighted by atomic mass is 16.5. The number of carbonyl (C=O) groups excluding carboxylic acids is 1. The Labute approximate surface area is 135 Å². The zero-order valence-electron chi connectivity index (χ0n) is 12.7. The first-order chi connectivity index (χ1) is 11.2. The summed E-state index contributed by atoms with van der Waals surface area (Å²) in [6, 6.07) is 12.7. The Morgan fingerprint density at radius 1 is 1.26 bits per heavy atom. The molecule has 116 valence electrons. The molecule has 1 heterocycles. The molecule has 23 heavy (non-hydrogen) atoms. The Kier molecular flexibility index (Phi) is 4.20. The van der Waals surface area contributed by atoms with E-state index in [0.29, 0.717) is 29.2 Å². The number of terminal acetylenes is 1. The van der Waals surface area contributed by atoms with Crippen molar-refractivity contribution in [2.75, 3.05) is 13.7 Å². The maximum atomic E-state index is 12.3. The van der Waals surface area contributed by atoms with Crippen molar-refractivity contribution in [2.45, 2.75) is 12.5 Å². The number of Topliss-reactive ketones (excluding diaryl/α,β-unsaturated/α-hetero) is 1. The van der Waals surface area contributed by atoms with E-state index in [9.17, 15) is 4.79 Å². The van der Waals surface area contributed by atoms with Gasteiger partial charge in [0, 0.05) is 0 Å². The molecule has 0 bridgehead atoms. The Hall–Kier alpha value is -2.93. The number of hydrogen-bond donors (Lipinski definition) is 0. The minimum Gasteiger partial charge on any atom is -0.493 e. The SMILES string of the molecule is C#CCOc1ccc(C2CC(=O)c3ccccc3O2)cc1OC. The van der Waals surface area contributed by atoms with Gasteiger partial charge in [-0.1, -0.05) is 24.1 Å². The molecule has 3 rings (SSSR count). The zero-order chi connectivity index (χ0) is 16.2. The van der Waals surface area contributed by atoms with Crippen molar-refractivity contribution in [1.82, 2.24) is 0 Å². The summed E-state index contributed by atoms with van der Waals surface area (Å²) in [6.07, 6.45) is 5.16. The van der Waals surface area contributed by atoms with Crippen LogP contribution >= 0.6 is 0 Å². The van der Waals surface area contributed by atoms with Gasteiger partial charge < -0.3 is 14.2 Å². The quantitative estimate of drug-likeness (QED) is 0.812. The normalized spacial score (nSPS) is 16.0. The predicted molar refractivity (Wildman–Crippen MR) is 86.1 cm³/mol. The lowest BCUT2D eigenvalue weighted by Gasteiger charge is -2.26. The predicted octanol–water partition coefficient (Wildman–Crippen LogP) is 3.41. The van der Waals surface area contributed by atoms with E-state index < -0.39 is 0 Å². The molecule has 1 aliphatic heterocycles. The summed E-state index contributed by atoms with van der Waals surface area (Å²) < 4.78 is 16.7. The minimum absolute atomic E-state index is 0.0727. The molecule has 4 nitrogen and oxygen atoms in total. The van der Waals surface area contributed by atoms with Crippen LogP contribution in [0.3, 0.4) is 0 Å². The smallest absolute Gasteiger partial charge is 0.170 e. The second kappa shape index (κ2) is 6.45. The number of ketones is 1. The van der Waals surface area contributed by atoms with Gasteiger partial charge in [-0.2, -0.15) is 0 Å². The molecule has 0 aromatic heterocycles. The van der Waals surface area contributed by atoms with Crippen LogP contribution in [-0.2, 0) is 0 Å². The monoisotopic (exact) mass is 308 g/mol. The van der Waals surface area contributed by atoms with Crippen molar-refractivity contribution in [3.8, 4) is 29.6 Å². The van der Waals surface area contributed by atoms with Gasteiger partial charge in [0.25, 0.3) is 0 Å². The first-order valence-electron chi connectivity index (χ1n) is 7.26. The molecule has 0 saturated carbocycles. The molecule has 0 N–H and O–H groups in total. The maximum Gasteiger partial charge on any atom is 0.170 e. The highest BCUT2D eigenvalue weighted by Crippen LogP contribution is 2.37. The van der Waals surface area contributed by atoms with E-state index in [-0.39, 0.29) is 18.5 Å². The Morgan fingerprint density at radius 3 is 2.87 bits per heavy atom. The molecule has 0 aliphatic carbocycles. The van der Waals surface area contributed by atoms with Gasteiger partial charge >= 0.3 is 0 Å². The van der Waals surface area contributed by atoms with Crippen LogP contribution in [0, 0.1) is 12.3 Å². The standard InChI is InChI=1S/C19H16O4/c1-3-10-22-17-9-8-13(11-19(17)21-2)18-12-15(20)14-6-4-5-7-16(14)23-18/h1,4-9,11,18H,10,12H2,2H3. The van der Waals surface area contributed by atoms with Gasteiger partial charge in [-0.15, -0.1) is 6.42 Å². The lowest BCUT2D eigenvalue weighted by molar-refractivity contribution is 0.0849. The highest BCUT2D eigenvalue weighted by molar-refractivity contribution is 5.99. The van der Waals surface area contributed by atoms with Crippen LogP contribution < -0.4 is 14.2 Å². The number of rotatable bonds is 4. The minimum atomic E-state index is -0.340. The first kappa shape index (κ1) is 15.0. The van der Waals surface area contributed by atoms with E-state index in [1.807, 2.05) is 24.3 Å². The van der Waals surface area contributed by atoms with Gasteiger partial charge in [0.2, 0.25) is 0 Å². The third kappa shape index (κ3) is 3.00. The number of fused-ring (bicyclic) bond motifs is 1. The largest absolute Gasteiger partial charge is 0.493 e. The lowest BCUT2D eigenvalue weighted by Crippen LogP contribution is -2.20. The van der Waals surface area contributed by atoms with Gasteiger partial charge in [0.05, 0.1) is 19.1 Å². The second-order valence-corrected chi connectivity index (χ2v) is 5.13. The molecule has 2 aromatic carbocycles. The summed E-state index contributed by atoms with van der Waals surface area (Å²) >= 11 is 0. The molecule has 1 atom stereocenters. The van der Waals surface area contributed by atoms with E-state index in [2.05, 4.69) is 5.92 Å². The van der Waals surface area contributed by atoms with Gasteiger partial charge in [0.15, 0.2) is 17.3 Å². The van der Waals surface area contributed by atoms with Gasteiger partial charge in [-0.3, -0.25) is 4.79 Å². The van der Waals surface area contributed by atoms with E-state index >= 15 is 0 Å². The van der Waals surface area contributed by atoms with Crippen molar-refractivity contribution in [3.63, 3.8) is 0 Å². The van der Waals surface area contributed by atoms with Crippen LogP contribution in [0.25, 0.3) is 0 Å². The Morgan fingerprint density at radius 2 is 2.09 bits per heavy atom. The second-order valence-electron chi connectivity index (χ2n) is 5.13. The van der Waals surface area contributed by atoms with E-state index in [1.165, 1.54) is 0 Å². The molecule has 1 aliphatic rings.